The molecule has 1 fully saturated rings. The predicted molar refractivity (Wildman–Crippen MR) is 140 cm³/mol. The molecule has 1 unspecified atom stereocenters. The molecule has 3 N–H and O–H groups in total. The number of rotatable bonds is 10. The van der Waals surface area contributed by atoms with E-state index in [1.807, 2.05) is 24.3 Å². The van der Waals surface area contributed by atoms with Crippen molar-refractivity contribution in [3.63, 3.8) is 0 Å². The van der Waals surface area contributed by atoms with Gasteiger partial charge >= 0.3 is 5.97 Å². The number of carbonyl (C=O) groups excluding carboxylic acids is 2. The number of aliphatic carboxylic acids is 1. The fraction of sp³-hybridized carbons (Fsp3) is 0.250. The molecule has 3 aromatic carbocycles. The van der Waals surface area contributed by atoms with Crippen molar-refractivity contribution >= 4 is 29.2 Å². The largest absolute Gasteiger partial charge is 0.478 e. The van der Waals surface area contributed by atoms with Crippen LogP contribution in [0, 0.1) is 0 Å². The molecule has 0 radical (unpaired) electrons. The first-order chi connectivity index (χ1) is 18.0. The van der Waals surface area contributed by atoms with Gasteiger partial charge in [-0.2, -0.15) is 0 Å². The molecule has 1 atom stereocenters. The van der Waals surface area contributed by atoms with Gasteiger partial charge in [-0.25, -0.2) is 4.79 Å². The normalized spacial score (nSPS) is 14.0. The number of carbonyl (C=O) groups is 3. The summed E-state index contributed by atoms with van der Waals surface area (Å²) in [4.78, 5) is 41.5. The van der Waals surface area contributed by atoms with Crippen LogP contribution in [-0.4, -0.2) is 61.8 Å². The molecule has 37 heavy (non-hydrogen) atoms. The topological polar surface area (TPSA) is 111 Å². The molecule has 0 bridgehead atoms. The molecule has 0 aliphatic carbocycles. The molecule has 1 heterocycles. The number of hydrogen-bond acceptors (Lipinski definition) is 6. The summed E-state index contributed by atoms with van der Waals surface area (Å²) in [7, 11) is 0. The van der Waals surface area contributed by atoms with Gasteiger partial charge < -0.3 is 25.4 Å². The van der Waals surface area contributed by atoms with Gasteiger partial charge in [0.1, 0.15) is 6.61 Å². The van der Waals surface area contributed by atoms with Crippen LogP contribution in [0.2, 0.25) is 0 Å². The van der Waals surface area contributed by atoms with Gasteiger partial charge in [-0.15, -0.1) is 0 Å². The van der Waals surface area contributed by atoms with Crippen molar-refractivity contribution in [3.05, 3.63) is 96.1 Å². The number of carboxylic acid groups (broad SMARTS) is 1. The van der Waals surface area contributed by atoms with E-state index < -0.39 is 23.9 Å². The first-order valence-electron chi connectivity index (χ1n) is 12.1. The zero-order valence-electron chi connectivity index (χ0n) is 20.4. The highest BCUT2D eigenvalue weighted by atomic mass is 16.5. The van der Waals surface area contributed by atoms with Crippen LogP contribution in [-0.2, 0) is 20.9 Å². The summed E-state index contributed by atoms with van der Waals surface area (Å²) < 4.78 is 5.67. The third-order valence-corrected chi connectivity index (χ3v) is 6.01. The Morgan fingerprint density at radius 3 is 2.16 bits per heavy atom. The monoisotopic (exact) mass is 502 g/mol. The maximum Gasteiger partial charge on any atom is 0.347 e. The number of nitrogens with zero attached hydrogens (tertiary/aromatic N) is 2. The number of benzene rings is 3. The van der Waals surface area contributed by atoms with E-state index >= 15 is 0 Å². The van der Waals surface area contributed by atoms with Crippen molar-refractivity contribution in [2.45, 2.75) is 12.8 Å². The maximum atomic E-state index is 13.2. The average Bonchev–Trinajstić information content (AvgIpc) is 2.94. The Morgan fingerprint density at radius 2 is 1.54 bits per heavy atom. The number of hydrogen-bond donors (Lipinski definition) is 3. The summed E-state index contributed by atoms with van der Waals surface area (Å²) in [6.07, 6.45) is -1.62. The minimum absolute atomic E-state index is 0.185. The molecule has 9 nitrogen and oxygen atoms in total. The SMILES string of the molecule is O=C(NC(C(=O)O)N(C(=O)COCc1ccc(N2CCNCC2)cc1)c1ccccc1)c1ccccc1. The lowest BCUT2D eigenvalue weighted by molar-refractivity contribution is -0.141. The lowest BCUT2D eigenvalue weighted by Crippen LogP contribution is -2.56. The van der Waals surface area contributed by atoms with E-state index in [0.29, 0.717) is 5.69 Å². The molecular formula is C28H30N4O5. The van der Waals surface area contributed by atoms with E-state index in [1.54, 1.807) is 60.7 Å². The van der Waals surface area contributed by atoms with Crippen molar-refractivity contribution in [1.82, 2.24) is 10.6 Å². The Morgan fingerprint density at radius 1 is 0.919 bits per heavy atom. The Bertz CT molecular complexity index is 1180. The van der Waals surface area contributed by atoms with Crippen molar-refractivity contribution in [3.8, 4) is 0 Å². The van der Waals surface area contributed by atoms with E-state index in [1.165, 1.54) is 0 Å². The molecule has 4 rings (SSSR count). The number of amides is 2. The number of para-hydroxylation sites is 1. The van der Waals surface area contributed by atoms with Crippen molar-refractivity contribution < 1.29 is 24.2 Å². The Labute approximate surface area is 215 Å². The second-order valence-corrected chi connectivity index (χ2v) is 8.58. The lowest BCUT2D eigenvalue weighted by Gasteiger charge is -2.30. The highest BCUT2D eigenvalue weighted by Gasteiger charge is 2.32. The minimum Gasteiger partial charge on any atom is -0.478 e. The molecule has 192 valence electrons. The summed E-state index contributed by atoms with van der Waals surface area (Å²) in [5, 5.41) is 15.7. The van der Waals surface area contributed by atoms with Crippen LogP contribution in [0.5, 0.6) is 0 Å². The van der Waals surface area contributed by atoms with E-state index in [-0.39, 0.29) is 18.8 Å². The molecule has 0 saturated carbocycles. The fourth-order valence-corrected chi connectivity index (χ4v) is 4.11. The molecule has 1 aliphatic rings. The van der Waals surface area contributed by atoms with Gasteiger partial charge in [0.15, 0.2) is 0 Å². The van der Waals surface area contributed by atoms with Crippen LogP contribution < -0.4 is 20.4 Å². The van der Waals surface area contributed by atoms with E-state index in [2.05, 4.69) is 15.5 Å². The third kappa shape index (κ3) is 6.93. The zero-order chi connectivity index (χ0) is 26.0. The van der Waals surface area contributed by atoms with Crippen LogP contribution in [0.1, 0.15) is 15.9 Å². The van der Waals surface area contributed by atoms with Crippen molar-refractivity contribution in [2.75, 3.05) is 42.6 Å². The second-order valence-electron chi connectivity index (χ2n) is 8.58. The first-order valence-corrected chi connectivity index (χ1v) is 12.1. The molecule has 3 aromatic rings. The average molecular weight is 503 g/mol. The second kappa shape index (κ2) is 12.7. The standard InChI is InChI=1S/C28H30N4O5/c33-25(20-37-19-21-11-13-23(14-12-21)31-17-15-29-16-18-31)32(24-9-5-2-6-10-24)26(28(35)36)30-27(34)22-7-3-1-4-8-22/h1-14,26,29H,15-20H2,(H,30,34)(H,35,36). The molecule has 1 aliphatic heterocycles. The molecular weight excluding hydrogens is 472 g/mol. The Balaban J connectivity index is 1.43. The zero-order valence-corrected chi connectivity index (χ0v) is 20.4. The molecule has 9 heteroatoms. The summed E-state index contributed by atoms with van der Waals surface area (Å²) in [6, 6.07) is 24.6. The van der Waals surface area contributed by atoms with Crippen LogP contribution in [0.3, 0.4) is 0 Å². The Hall–Kier alpha value is -4.21. The number of nitrogens with one attached hydrogen (secondary N) is 2. The third-order valence-electron chi connectivity index (χ3n) is 6.01. The van der Waals surface area contributed by atoms with Crippen molar-refractivity contribution in [2.24, 2.45) is 0 Å². The van der Waals surface area contributed by atoms with Crippen LogP contribution in [0.25, 0.3) is 0 Å². The fourth-order valence-electron chi connectivity index (χ4n) is 4.11. The quantitative estimate of drug-likeness (QED) is 0.365. The van der Waals surface area contributed by atoms with E-state index in [4.69, 9.17) is 4.74 Å². The van der Waals surface area contributed by atoms with E-state index in [9.17, 15) is 19.5 Å². The molecule has 2 amide bonds. The number of anilines is 2. The highest BCUT2D eigenvalue weighted by Crippen LogP contribution is 2.19. The van der Waals surface area contributed by atoms with Gasteiger partial charge in [0.05, 0.1) is 6.61 Å². The van der Waals surface area contributed by atoms with Crippen LogP contribution in [0.4, 0.5) is 11.4 Å². The predicted octanol–water partition coefficient (Wildman–Crippen LogP) is 2.49. The van der Waals surface area contributed by atoms with Crippen LogP contribution >= 0.6 is 0 Å². The summed E-state index contributed by atoms with van der Waals surface area (Å²) in [6.45, 7) is 3.63. The number of ether oxygens (including phenoxy) is 1. The minimum atomic E-state index is -1.62. The van der Waals surface area contributed by atoms with Gasteiger partial charge in [-0.05, 0) is 42.0 Å². The molecule has 0 spiro atoms. The lowest BCUT2D eigenvalue weighted by atomic mass is 10.2. The van der Waals surface area contributed by atoms with E-state index in [0.717, 1.165) is 42.3 Å². The summed E-state index contributed by atoms with van der Waals surface area (Å²) in [5.74, 6) is -2.57. The number of carboxylic acids is 1. The Kier molecular flexibility index (Phi) is 8.85. The first kappa shape index (κ1) is 25.9. The summed E-state index contributed by atoms with van der Waals surface area (Å²) >= 11 is 0. The van der Waals surface area contributed by atoms with Crippen molar-refractivity contribution in [1.29, 1.82) is 0 Å². The van der Waals surface area contributed by atoms with Gasteiger partial charge in [0, 0.05) is 43.1 Å². The summed E-state index contributed by atoms with van der Waals surface area (Å²) in [5.41, 5.74) is 2.65. The molecule has 1 saturated heterocycles. The smallest absolute Gasteiger partial charge is 0.347 e. The van der Waals surface area contributed by atoms with Gasteiger partial charge in [-0.3, -0.25) is 14.5 Å². The van der Waals surface area contributed by atoms with Gasteiger partial charge in [-0.1, -0.05) is 48.5 Å². The molecule has 0 aromatic heterocycles. The van der Waals surface area contributed by atoms with Gasteiger partial charge in [0.2, 0.25) is 6.17 Å². The number of piperazine rings is 1. The maximum absolute atomic E-state index is 13.2. The van der Waals surface area contributed by atoms with Crippen LogP contribution in [0.15, 0.2) is 84.9 Å². The van der Waals surface area contributed by atoms with Gasteiger partial charge in [0.25, 0.3) is 11.8 Å². The highest BCUT2D eigenvalue weighted by molar-refractivity contribution is 6.03.